The van der Waals surface area contributed by atoms with Crippen LogP contribution in [-0.4, -0.2) is 43.4 Å². The molecule has 0 saturated heterocycles. The number of hydrogen-bond acceptors (Lipinski definition) is 3. The number of ether oxygens (including phenoxy) is 1. The summed E-state index contributed by atoms with van der Waals surface area (Å²) in [5.74, 6) is -0.754. The highest BCUT2D eigenvalue weighted by Gasteiger charge is 2.25. The molecule has 0 aliphatic heterocycles. The van der Waals surface area contributed by atoms with Gasteiger partial charge in [-0.15, -0.1) is 0 Å². The molecule has 0 saturated carbocycles. The third kappa shape index (κ3) is 3.27. The lowest BCUT2D eigenvalue weighted by Crippen LogP contribution is -2.44. The van der Waals surface area contributed by atoms with Gasteiger partial charge in [-0.2, -0.15) is 0 Å². The molecule has 2 unspecified atom stereocenters. The fourth-order valence-electron chi connectivity index (χ4n) is 2.28. The van der Waals surface area contributed by atoms with Gasteiger partial charge in [0.1, 0.15) is 0 Å². The molecule has 1 aliphatic carbocycles. The lowest BCUT2D eigenvalue weighted by molar-refractivity contribution is -0.147. The molecule has 2 atom stereocenters. The van der Waals surface area contributed by atoms with Gasteiger partial charge in [0.05, 0.1) is 6.54 Å². The zero-order valence-corrected chi connectivity index (χ0v) is 11.3. The summed E-state index contributed by atoms with van der Waals surface area (Å²) < 4.78 is 4.72. The van der Waals surface area contributed by atoms with Crippen LogP contribution in [0.5, 0.6) is 0 Å². The van der Waals surface area contributed by atoms with Crippen molar-refractivity contribution < 1.29 is 19.4 Å². The first kappa shape index (κ1) is 14.3. The highest BCUT2D eigenvalue weighted by Crippen LogP contribution is 2.33. The molecular formula is C14H18N2O4. The summed E-state index contributed by atoms with van der Waals surface area (Å²) in [6, 6.07) is 7.77. The Hall–Kier alpha value is -2.08. The number of methoxy groups -OCH3 is 1. The number of fused-ring (bicyclic) bond motifs is 1. The Balaban J connectivity index is 1.70. The van der Waals surface area contributed by atoms with Gasteiger partial charge in [-0.05, 0) is 17.5 Å². The predicted octanol–water partition coefficient (Wildman–Crippen LogP) is 0.725. The SMILES string of the molecule is COC(CNC(=O)NCC1Cc2ccccc21)C(=O)O. The molecule has 2 rings (SSSR count). The first-order chi connectivity index (χ1) is 9.61. The Morgan fingerprint density at radius 2 is 2.15 bits per heavy atom. The molecule has 1 aromatic rings. The molecule has 0 fully saturated rings. The van der Waals surface area contributed by atoms with Crippen molar-refractivity contribution >= 4 is 12.0 Å². The Morgan fingerprint density at radius 1 is 1.40 bits per heavy atom. The van der Waals surface area contributed by atoms with Gasteiger partial charge in [0.2, 0.25) is 0 Å². The summed E-state index contributed by atoms with van der Waals surface area (Å²) in [6.07, 6.45) is -0.0584. The Bertz CT molecular complexity index is 504. The molecule has 3 N–H and O–H groups in total. The van der Waals surface area contributed by atoms with E-state index in [4.69, 9.17) is 9.84 Å². The average Bonchev–Trinajstić information content (AvgIpc) is 2.40. The maximum Gasteiger partial charge on any atom is 0.334 e. The molecular weight excluding hydrogens is 260 g/mol. The van der Waals surface area contributed by atoms with E-state index in [1.165, 1.54) is 18.2 Å². The first-order valence-corrected chi connectivity index (χ1v) is 6.47. The van der Waals surface area contributed by atoms with E-state index in [1.807, 2.05) is 12.1 Å². The number of benzene rings is 1. The Kier molecular flexibility index (Phi) is 4.57. The van der Waals surface area contributed by atoms with Crippen molar-refractivity contribution in [2.75, 3.05) is 20.2 Å². The Labute approximate surface area is 117 Å². The summed E-state index contributed by atoms with van der Waals surface area (Å²) in [5, 5.41) is 14.0. The molecule has 108 valence electrons. The van der Waals surface area contributed by atoms with Gasteiger partial charge >= 0.3 is 12.0 Å². The third-order valence-corrected chi connectivity index (χ3v) is 3.48. The van der Waals surface area contributed by atoms with E-state index in [0.717, 1.165) is 6.42 Å². The van der Waals surface area contributed by atoms with Crippen LogP contribution < -0.4 is 10.6 Å². The normalized spacial score (nSPS) is 17.6. The second kappa shape index (κ2) is 6.38. The van der Waals surface area contributed by atoms with Crippen LogP contribution in [0.1, 0.15) is 17.0 Å². The number of carboxylic acid groups (broad SMARTS) is 1. The van der Waals surface area contributed by atoms with Crippen LogP contribution in [0.2, 0.25) is 0 Å². The standard InChI is InChI=1S/C14H18N2O4/c1-20-12(13(17)18)8-16-14(19)15-7-10-6-9-4-2-3-5-11(9)10/h2-5,10,12H,6-8H2,1H3,(H,17,18)(H2,15,16,19). The summed E-state index contributed by atoms with van der Waals surface area (Å²) in [7, 11) is 1.30. The molecule has 0 bridgehead atoms. The summed E-state index contributed by atoms with van der Waals surface area (Å²) in [4.78, 5) is 22.3. The van der Waals surface area contributed by atoms with Gasteiger partial charge in [0.25, 0.3) is 0 Å². The van der Waals surface area contributed by atoms with E-state index in [2.05, 4.69) is 22.8 Å². The first-order valence-electron chi connectivity index (χ1n) is 6.47. The minimum absolute atomic E-state index is 0.0566. The quantitative estimate of drug-likeness (QED) is 0.715. The van der Waals surface area contributed by atoms with Gasteiger partial charge in [0, 0.05) is 19.6 Å². The highest BCUT2D eigenvalue weighted by molar-refractivity contribution is 5.76. The zero-order chi connectivity index (χ0) is 14.5. The zero-order valence-electron chi connectivity index (χ0n) is 11.3. The molecule has 0 spiro atoms. The van der Waals surface area contributed by atoms with Gasteiger partial charge in [-0.25, -0.2) is 9.59 Å². The molecule has 20 heavy (non-hydrogen) atoms. The van der Waals surface area contributed by atoms with E-state index in [1.54, 1.807) is 0 Å². The van der Waals surface area contributed by atoms with Crippen LogP contribution in [0.15, 0.2) is 24.3 Å². The maximum absolute atomic E-state index is 11.6. The van der Waals surface area contributed by atoms with Gasteiger partial charge in [-0.3, -0.25) is 0 Å². The fraction of sp³-hybridized carbons (Fsp3) is 0.429. The van der Waals surface area contributed by atoms with E-state index in [0.29, 0.717) is 12.5 Å². The third-order valence-electron chi connectivity index (χ3n) is 3.48. The lowest BCUT2D eigenvalue weighted by Gasteiger charge is -2.30. The smallest absolute Gasteiger partial charge is 0.334 e. The van der Waals surface area contributed by atoms with Crippen LogP contribution in [0.3, 0.4) is 0 Å². The monoisotopic (exact) mass is 278 g/mol. The molecule has 6 heteroatoms. The van der Waals surface area contributed by atoms with E-state index >= 15 is 0 Å². The molecule has 6 nitrogen and oxygen atoms in total. The van der Waals surface area contributed by atoms with E-state index in [-0.39, 0.29) is 12.6 Å². The van der Waals surface area contributed by atoms with Crippen molar-refractivity contribution in [2.45, 2.75) is 18.4 Å². The maximum atomic E-state index is 11.6. The van der Waals surface area contributed by atoms with Gasteiger partial charge in [0.15, 0.2) is 6.10 Å². The predicted molar refractivity (Wildman–Crippen MR) is 72.7 cm³/mol. The number of urea groups is 1. The van der Waals surface area contributed by atoms with E-state index in [9.17, 15) is 9.59 Å². The average molecular weight is 278 g/mol. The van der Waals surface area contributed by atoms with Crippen LogP contribution in [0.25, 0.3) is 0 Å². The topological polar surface area (TPSA) is 87.7 Å². The van der Waals surface area contributed by atoms with Gasteiger partial charge in [-0.1, -0.05) is 24.3 Å². The van der Waals surface area contributed by atoms with Crippen LogP contribution in [0.4, 0.5) is 4.79 Å². The van der Waals surface area contributed by atoms with Crippen molar-refractivity contribution in [3.63, 3.8) is 0 Å². The molecule has 1 aromatic carbocycles. The van der Waals surface area contributed by atoms with Crippen molar-refractivity contribution in [2.24, 2.45) is 0 Å². The number of amides is 2. The molecule has 0 aromatic heterocycles. The van der Waals surface area contributed by atoms with Crippen LogP contribution in [0, 0.1) is 0 Å². The number of hydrogen-bond donors (Lipinski definition) is 3. The van der Waals surface area contributed by atoms with Crippen LogP contribution in [-0.2, 0) is 16.0 Å². The fourth-order valence-corrected chi connectivity index (χ4v) is 2.28. The number of aliphatic carboxylic acids is 1. The van der Waals surface area contributed by atoms with Crippen molar-refractivity contribution in [3.8, 4) is 0 Å². The minimum Gasteiger partial charge on any atom is -0.479 e. The Morgan fingerprint density at radius 3 is 2.80 bits per heavy atom. The largest absolute Gasteiger partial charge is 0.479 e. The number of rotatable bonds is 6. The molecule has 2 amide bonds. The number of carboxylic acids is 1. The molecule has 0 radical (unpaired) electrons. The van der Waals surface area contributed by atoms with Crippen molar-refractivity contribution in [1.82, 2.24) is 10.6 Å². The minimum atomic E-state index is -1.10. The summed E-state index contributed by atoms with van der Waals surface area (Å²) in [6.45, 7) is 0.493. The number of carbonyl (C=O) groups excluding carboxylic acids is 1. The highest BCUT2D eigenvalue weighted by atomic mass is 16.5. The van der Waals surface area contributed by atoms with Crippen LogP contribution >= 0.6 is 0 Å². The summed E-state index contributed by atoms with van der Waals surface area (Å²) >= 11 is 0. The lowest BCUT2D eigenvalue weighted by atomic mass is 9.78. The second-order valence-electron chi connectivity index (χ2n) is 4.75. The second-order valence-corrected chi connectivity index (χ2v) is 4.75. The van der Waals surface area contributed by atoms with E-state index < -0.39 is 12.1 Å². The van der Waals surface area contributed by atoms with Crippen molar-refractivity contribution in [3.05, 3.63) is 35.4 Å². The van der Waals surface area contributed by atoms with Crippen molar-refractivity contribution in [1.29, 1.82) is 0 Å². The van der Waals surface area contributed by atoms with Gasteiger partial charge < -0.3 is 20.5 Å². The number of nitrogens with one attached hydrogen (secondary N) is 2. The number of carbonyl (C=O) groups is 2. The molecule has 0 heterocycles. The summed E-state index contributed by atoms with van der Waals surface area (Å²) in [5.41, 5.74) is 2.60. The molecule has 1 aliphatic rings.